The van der Waals surface area contributed by atoms with Gasteiger partial charge in [0, 0.05) is 13.0 Å². The third-order valence-corrected chi connectivity index (χ3v) is 5.34. The lowest BCUT2D eigenvalue weighted by Gasteiger charge is -2.22. The molecule has 43 heavy (non-hydrogen) atoms. The van der Waals surface area contributed by atoms with E-state index in [0.29, 0.717) is 0 Å². The van der Waals surface area contributed by atoms with Crippen molar-refractivity contribution in [2.75, 3.05) is 26.2 Å². The van der Waals surface area contributed by atoms with Gasteiger partial charge in [-0.25, -0.2) is 4.79 Å². The first-order valence-corrected chi connectivity index (χ1v) is 12.7. The molecule has 0 radical (unpaired) electrons. The normalized spacial score (nSPS) is 13.2. The number of amides is 6. The van der Waals surface area contributed by atoms with Crippen LogP contribution in [0.15, 0.2) is 4.99 Å². The van der Waals surface area contributed by atoms with E-state index in [-0.39, 0.29) is 25.3 Å². The van der Waals surface area contributed by atoms with Gasteiger partial charge < -0.3 is 64.8 Å². The zero-order chi connectivity index (χ0) is 33.1. The van der Waals surface area contributed by atoms with Crippen molar-refractivity contribution in [2.24, 2.45) is 27.9 Å². The summed E-state index contributed by atoms with van der Waals surface area (Å²) in [5.41, 5.74) is 20.7. The molecular weight excluding hydrogens is 580 g/mol. The number of aliphatic carboxylic acids is 2. The summed E-state index contributed by atoms with van der Waals surface area (Å²) in [5.74, 6) is -8.97. The maximum atomic E-state index is 12.7. The lowest BCUT2D eigenvalue weighted by atomic mass is 10.1. The number of rotatable bonds is 21. The molecule has 0 bridgehead atoms. The number of aliphatic imine (C=N–C) groups is 1. The van der Waals surface area contributed by atoms with Crippen LogP contribution in [0.25, 0.3) is 0 Å². The highest BCUT2D eigenvalue weighted by atomic mass is 16.4. The van der Waals surface area contributed by atoms with Gasteiger partial charge in [-0.3, -0.25) is 38.6 Å². The molecule has 21 heteroatoms. The van der Waals surface area contributed by atoms with E-state index < -0.39 is 111 Å². The molecule has 0 saturated heterocycles. The number of aliphatic hydroxyl groups excluding tert-OH is 1. The van der Waals surface area contributed by atoms with Crippen LogP contribution in [0.5, 0.6) is 0 Å². The van der Waals surface area contributed by atoms with Crippen LogP contribution in [-0.2, 0) is 38.4 Å². The van der Waals surface area contributed by atoms with Crippen LogP contribution in [0.3, 0.4) is 0 Å². The average Bonchev–Trinajstić information content (AvgIpc) is 2.92. The summed E-state index contributed by atoms with van der Waals surface area (Å²) in [5, 5.41) is 38.5. The predicted octanol–water partition coefficient (Wildman–Crippen LogP) is -7.13. The summed E-state index contributed by atoms with van der Waals surface area (Å²) in [6, 6.07) is -6.12. The Bertz CT molecular complexity index is 1060. The molecule has 0 aliphatic heterocycles. The molecule has 0 saturated carbocycles. The smallest absolute Gasteiger partial charge is 0.326 e. The summed E-state index contributed by atoms with van der Waals surface area (Å²) in [6.07, 6.45) is -1.62. The Balaban J connectivity index is 5.31. The highest BCUT2D eigenvalue weighted by Crippen LogP contribution is 2.02. The molecule has 16 N–H and O–H groups in total. The van der Waals surface area contributed by atoms with Crippen molar-refractivity contribution in [1.29, 1.82) is 0 Å². The fourth-order valence-corrected chi connectivity index (χ4v) is 3.24. The highest BCUT2D eigenvalue weighted by molar-refractivity contribution is 5.95. The van der Waals surface area contributed by atoms with Crippen molar-refractivity contribution >= 4 is 53.3 Å². The molecule has 0 aliphatic rings. The van der Waals surface area contributed by atoms with Crippen LogP contribution < -0.4 is 49.5 Å². The molecule has 0 aromatic carbocycles. The largest absolute Gasteiger partial charge is 0.481 e. The highest BCUT2D eigenvalue weighted by Gasteiger charge is 2.29. The van der Waals surface area contributed by atoms with E-state index in [2.05, 4.69) is 26.3 Å². The molecule has 4 atom stereocenters. The molecule has 21 nitrogen and oxygen atoms in total. The van der Waals surface area contributed by atoms with E-state index in [1.165, 1.54) is 0 Å². The number of guanidine groups is 1. The quantitative estimate of drug-likeness (QED) is 0.0323. The van der Waals surface area contributed by atoms with Gasteiger partial charge in [0.05, 0.1) is 26.1 Å². The molecule has 0 spiro atoms. The van der Waals surface area contributed by atoms with Gasteiger partial charge in [-0.15, -0.1) is 0 Å². The van der Waals surface area contributed by atoms with Gasteiger partial charge in [0.25, 0.3) is 0 Å². The molecule has 0 fully saturated rings. The lowest BCUT2D eigenvalue weighted by molar-refractivity contribution is -0.144. The second-order valence-corrected chi connectivity index (χ2v) is 8.86. The zero-order valence-corrected chi connectivity index (χ0v) is 23.0. The number of hydrogen-bond acceptors (Lipinski definition) is 11. The van der Waals surface area contributed by atoms with Crippen LogP contribution in [0.2, 0.25) is 0 Å². The van der Waals surface area contributed by atoms with Gasteiger partial charge in [-0.05, 0) is 19.3 Å². The number of nitrogens with two attached hydrogens (primary N) is 4. The third kappa shape index (κ3) is 16.7. The molecule has 0 unspecified atom stereocenters. The Labute approximate surface area is 244 Å². The number of carboxylic acids is 2. The average molecular weight is 619 g/mol. The molecule has 6 amide bonds. The number of aliphatic hydroxyl groups is 1. The first kappa shape index (κ1) is 37.9. The lowest BCUT2D eigenvalue weighted by Crippen LogP contribution is -2.57. The number of hydrogen-bond donors (Lipinski definition) is 12. The molecule has 0 aliphatic carbocycles. The Morgan fingerprint density at radius 2 is 1.28 bits per heavy atom. The molecule has 0 aromatic heterocycles. The van der Waals surface area contributed by atoms with Gasteiger partial charge in [-0.1, -0.05) is 0 Å². The molecule has 0 aromatic rings. The second-order valence-electron chi connectivity index (χ2n) is 8.86. The molecule has 242 valence electrons. The summed E-state index contributed by atoms with van der Waals surface area (Å²) >= 11 is 0. The zero-order valence-electron chi connectivity index (χ0n) is 23.0. The molecule has 0 heterocycles. The minimum absolute atomic E-state index is 0.0263. The number of nitrogens with zero attached hydrogens (tertiary/aromatic N) is 1. The van der Waals surface area contributed by atoms with Crippen molar-refractivity contribution in [1.82, 2.24) is 26.6 Å². The van der Waals surface area contributed by atoms with E-state index in [1.54, 1.807) is 0 Å². The third-order valence-electron chi connectivity index (χ3n) is 5.34. The van der Waals surface area contributed by atoms with E-state index in [4.69, 9.17) is 33.1 Å². The first-order chi connectivity index (χ1) is 20.1. The van der Waals surface area contributed by atoms with Crippen LogP contribution in [-0.4, -0.2) is 119 Å². The Morgan fingerprint density at radius 3 is 1.77 bits per heavy atom. The minimum Gasteiger partial charge on any atom is -0.481 e. The Morgan fingerprint density at radius 1 is 0.721 bits per heavy atom. The second kappa shape index (κ2) is 19.9. The summed E-state index contributed by atoms with van der Waals surface area (Å²) < 4.78 is 0. The summed E-state index contributed by atoms with van der Waals surface area (Å²) in [7, 11) is 0. The van der Waals surface area contributed by atoms with Crippen molar-refractivity contribution < 1.29 is 53.7 Å². The van der Waals surface area contributed by atoms with Crippen LogP contribution >= 0.6 is 0 Å². The van der Waals surface area contributed by atoms with Gasteiger partial charge in [0.15, 0.2) is 5.96 Å². The standard InChI is InChI=1S/C22H38N10O11/c23-7-15(35)29-10(2-1-5-27-22(25)26)19(40)32-13(9-33)18(39)28-8-16(36)30-11(3-4-17(37)38)20(41)31-12(21(42)43)6-14(24)34/h10-13,33H,1-9,23H2,(H2,24,34)(H,28,39)(H,29,35)(H,30,36)(H,31,41)(H,32,40)(H,37,38)(H,42,43)(H4,25,26,27)/t10-,11-,12-,13-/m0/s1. The topological polar surface area (TPSA) is 374 Å². The summed E-state index contributed by atoms with van der Waals surface area (Å²) in [6.45, 7) is -2.07. The number of carboxylic acid groups (broad SMARTS) is 2. The fourth-order valence-electron chi connectivity index (χ4n) is 3.24. The monoisotopic (exact) mass is 618 g/mol. The van der Waals surface area contributed by atoms with Crippen LogP contribution in [0, 0.1) is 0 Å². The van der Waals surface area contributed by atoms with Gasteiger partial charge in [0.2, 0.25) is 35.4 Å². The van der Waals surface area contributed by atoms with Crippen LogP contribution in [0.4, 0.5) is 0 Å². The van der Waals surface area contributed by atoms with Gasteiger partial charge in [0.1, 0.15) is 24.2 Å². The predicted molar refractivity (Wildman–Crippen MR) is 145 cm³/mol. The van der Waals surface area contributed by atoms with E-state index >= 15 is 0 Å². The maximum Gasteiger partial charge on any atom is 0.326 e. The van der Waals surface area contributed by atoms with Gasteiger partial charge in [-0.2, -0.15) is 0 Å². The summed E-state index contributed by atoms with van der Waals surface area (Å²) in [4.78, 5) is 99.0. The Kier molecular flexibility index (Phi) is 17.6. The number of carbonyl (C=O) groups excluding carboxylic acids is 6. The van der Waals surface area contributed by atoms with Crippen LogP contribution in [0.1, 0.15) is 32.1 Å². The molecule has 0 rings (SSSR count). The van der Waals surface area contributed by atoms with Crippen molar-refractivity contribution in [3.63, 3.8) is 0 Å². The van der Waals surface area contributed by atoms with E-state index in [1.807, 2.05) is 5.32 Å². The number of nitrogens with one attached hydrogen (secondary N) is 5. The van der Waals surface area contributed by atoms with E-state index in [0.717, 1.165) is 0 Å². The van der Waals surface area contributed by atoms with Gasteiger partial charge >= 0.3 is 11.9 Å². The van der Waals surface area contributed by atoms with Crippen molar-refractivity contribution in [2.45, 2.75) is 56.3 Å². The minimum atomic E-state index is -1.76. The maximum absolute atomic E-state index is 12.7. The Hall–Kier alpha value is -5.05. The first-order valence-electron chi connectivity index (χ1n) is 12.7. The number of carbonyl (C=O) groups is 8. The van der Waals surface area contributed by atoms with Crippen molar-refractivity contribution in [3.05, 3.63) is 0 Å². The molecular formula is C22H38N10O11. The van der Waals surface area contributed by atoms with Crippen molar-refractivity contribution in [3.8, 4) is 0 Å². The SMILES string of the molecule is NCC(=O)N[C@@H](CCCN=C(N)N)C(=O)N[C@@H](CO)C(=O)NCC(=O)N[C@@H](CCC(=O)O)C(=O)N[C@@H](CC(N)=O)C(=O)O. The number of primary amides is 1. The van der Waals surface area contributed by atoms with E-state index in [9.17, 15) is 43.5 Å². The fraction of sp³-hybridized carbons (Fsp3) is 0.591.